The fourth-order valence-electron chi connectivity index (χ4n) is 0.967. The van der Waals surface area contributed by atoms with Crippen molar-refractivity contribution >= 4 is 25.0 Å². The van der Waals surface area contributed by atoms with Crippen molar-refractivity contribution in [2.75, 3.05) is 20.2 Å². The monoisotopic (exact) mass is 323 g/mol. The van der Waals surface area contributed by atoms with Crippen molar-refractivity contribution < 1.29 is 13.3 Å². The van der Waals surface area contributed by atoms with Crippen LogP contribution in [0, 0.1) is 0 Å². The normalized spacial score (nSPS) is 14.2. The van der Waals surface area contributed by atoms with Gasteiger partial charge >= 0.3 is 0 Å². The largest absolute Gasteiger partial charge is 0.405 e. The Balaban J connectivity index is 4.30. The molecule has 0 rings (SSSR count). The minimum absolute atomic E-state index is 0.602. The molecule has 0 unspecified atom stereocenters. The summed E-state index contributed by atoms with van der Waals surface area (Å²) in [6.45, 7) is 21.6. The summed E-state index contributed by atoms with van der Waals surface area (Å²) in [5.41, 5.74) is 0. The van der Waals surface area contributed by atoms with E-state index in [1.807, 2.05) is 0 Å². The highest BCUT2D eigenvalue weighted by Gasteiger charge is 2.22. The van der Waals surface area contributed by atoms with Gasteiger partial charge in [0.25, 0.3) is 0 Å². The zero-order valence-corrected chi connectivity index (χ0v) is 17.3. The molecule has 0 atom stereocenters. The molecule has 0 aliphatic rings. The molecule has 0 saturated heterocycles. The Morgan fingerprint density at radius 1 is 0.526 bits per heavy atom. The van der Waals surface area contributed by atoms with Gasteiger partial charge in [-0.05, 0) is 58.9 Å². The number of hydrogen-bond acceptors (Lipinski definition) is 4. The molecule has 0 amide bonds. The van der Waals surface area contributed by atoms with Crippen LogP contribution in [0.1, 0.15) is 0 Å². The molecule has 0 aromatic carbocycles. The summed E-state index contributed by atoms with van der Waals surface area (Å²) in [5.74, 6) is 0. The van der Waals surface area contributed by atoms with E-state index < -0.39 is 25.0 Å². The standard InChI is InChI=1S/C12H33NO3Si3/c1-17(2,3)14-10-13(11-15-18(4,5)6)12-16-19(7,8)9/h10-12H2,1-9H3. The molecule has 0 radical (unpaired) electrons. The molecular formula is C12H33NO3Si3. The zero-order valence-electron chi connectivity index (χ0n) is 14.3. The maximum absolute atomic E-state index is 5.96. The first-order valence-electron chi connectivity index (χ1n) is 6.93. The van der Waals surface area contributed by atoms with Gasteiger partial charge in [-0.1, -0.05) is 0 Å². The Kier molecular flexibility index (Phi) is 7.68. The molecule has 0 aromatic rings. The predicted molar refractivity (Wildman–Crippen MR) is 89.7 cm³/mol. The number of hydrogen-bond donors (Lipinski definition) is 0. The van der Waals surface area contributed by atoms with Crippen LogP contribution < -0.4 is 0 Å². The van der Waals surface area contributed by atoms with Crippen molar-refractivity contribution in [2.24, 2.45) is 0 Å². The average Bonchev–Trinajstić information content (AvgIpc) is 2.11. The summed E-state index contributed by atoms with van der Waals surface area (Å²) < 4.78 is 17.9. The lowest BCUT2D eigenvalue weighted by atomic mass is 10.9. The lowest BCUT2D eigenvalue weighted by Gasteiger charge is -2.31. The summed E-state index contributed by atoms with van der Waals surface area (Å²) >= 11 is 0. The molecule has 116 valence electrons. The Labute approximate surface area is 122 Å². The zero-order chi connectivity index (χ0) is 15.3. The van der Waals surface area contributed by atoms with E-state index in [-0.39, 0.29) is 0 Å². The summed E-state index contributed by atoms with van der Waals surface area (Å²) in [6, 6.07) is 0. The highest BCUT2D eigenvalue weighted by atomic mass is 28.4. The summed E-state index contributed by atoms with van der Waals surface area (Å²) in [5, 5.41) is 0. The van der Waals surface area contributed by atoms with E-state index in [1.165, 1.54) is 0 Å². The van der Waals surface area contributed by atoms with E-state index in [0.29, 0.717) is 20.2 Å². The number of rotatable bonds is 9. The molecule has 0 spiro atoms. The topological polar surface area (TPSA) is 30.9 Å². The van der Waals surface area contributed by atoms with Gasteiger partial charge in [0, 0.05) is 0 Å². The van der Waals surface area contributed by atoms with Crippen LogP contribution in [-0.2, 0) is 13.3 Å². The maximum atomic E-state index is 5.96. The lowest BCUT2D eigenvalue weighted by Crippen LogP contribution is -2.42. The van der Waals surface area contributed by atoms with Crippen molar-refractivity contribution in [3.63, 3.8) is 0 Å². The van der Waals surface area contributed by atoms with Gasteiger partial charge < -0.3 is 13.3 Å². The van der Waals surface area contributed by atoms with Gasteiger partial charge in [0.15, 0.2) is 25.0 Å². The van der Waals surface area contributed by atoms with Crippen LogP contribution in [0.15, 0.2) is 0 Å². The smallest absolute Gasteiger partial charge is 0.185 e. The van der Waals surface area contributed by atoms with Crippen LogP contribution >= 0.6 is 0 Å². The lowest BCUT2D eigenvalue weighted by molar-refractivity contribution is -0.00731. The molecule has 0 saturated carbocycles. The first kappa shape index (κ1) is 19.5. The second-order valence-electron chi connectivity index (χ2n) is 7.83. The van der Waals surface area contributed by atoms with E-state index in [0.717, 1.165) is 0 Å². The third-order valence-electron chi connectivity index (χ3n) is 2.04. The van der Waals surface area contributed by atoms with Gasteiger partial charge in [0.05, 0.1) is 20.2 Å². The highest BCUT2D eigenvalue weighted by Crippen LogP contribution is 2.09. The van der Waals surface area contributed by atoms with Crippen LogP contribution in [-0.4, -0.2) is 50.0 Å². The summed E-state index contributed by atoms with van der Waals surface area (Å²) in [7, 11) is -4.50. The molecule has 0 aliphatic heterocycles. The van der Waals surface area contributed by atoms with E-state index in [1.54, 1.807) is 0 Å². The van der Waals surface area contributed by atoms with Crippen molar-refractivity contribution in [1.82, 2.24) is 4.90 Å². The van der Waals surface area contributed by atoms with Gasteiger partial charge in [0.1, 0.15) is 0 Å². The molecule has 4 nitrogen and oxygen atoms in total. The van der Waals surface area contributed by atoms with Crippen LogP contribution in [0.2, 0.25) is 58.9 Å². The minimum atomic E-state index is -1.50. The average molecular weight is 324 g/mol. The van der Waals surface area contributed by atoms with Gasteiger partial charge in [-0.25, -0.2) is 4.90 Å². The molecule has 0 fully saturated rings. The second-order valence-corrected chi connectivity index (χ2v) is 21.4. The molecular weight excluding hydrogens is 290 g/mol. The summed E-state index contributed by atoms with van der Waals surface area (Å²) in [6.07, 6.45) is 0. The predicted octanol–water partition coefficient (Wildman–Crippen LogP) is 3.72. The van der Waals surface area contributed by atoms with Crippen molar-refractivity contribution in [3.05, 3.63) is 0 Å². The molecule has 0 bridgehead atoms. The van der Waals surface area contributed by atoms with Gasteiger partial charge in [-0.15, -0.1) is 0 Å². The van der Waals surface area contributed by atoms with Crippen molar-refractivity contribution in [3.8, 4) is 0 Å². The van der Waals surface area contributed by atoms with Crippen molar-refractivity contribution in [2.45, 2.75) is 58.9 Å². The molecule has 0 aliphatic carbocycles. The first-order valence-corrected chi connectivity index (χ1v) is 17.2. The van der Waals surface area contributed by atoms with E-state index in [4.69, 9.17) is 13.3 Å². The van der Waals surface area contributed by atoms with E-state index >= 15 is 0 Å². The van der Waals surface area contributed by atoms with Crippen LogP contribution in [0.5, 0.6) is 0 Å². The Bertz CT molecular complexity index is 214. The fourth-order valence-corrected chi connectivity index (χ4v) is 2.68. The molecule has 0 N–H and O–H groups in total. The molecule has 0 aromatic heterocycles. The highest BCUT2D eigenvalue weighted by molar-refractivity contribution is 6.70. The maximum Gasteiger partial charge on any atom is 0.185 e. The van der Waals surface area contributed by atoms with Crippen molar-refractivity contribution in [1.29, 1.82) is 0 Å². The SMILES string of the molecule is C[Si](C)(C)OCN(CO[Si](C)(C)C)CO[Si](C)(C)C. The molecule has 0 heterocycles. The van der Waals surface area contributed by atoms with Crippen LogP contribution in [0.25, 0.3) is 0 Å². The van der Waals surface area contributed by atoms with Gasteiger partial charge in [-0.2, -0.15) is 0 Å². The Morgan fingerprint density at radius 2 is 0.737 bits per heavy atom. The number of nitrogens with zero attached hydrogens (tertiary/aromatic N) is 1. The van der Waals surface area contributed by atoms with E-state index in [9.17, 15) is 0 Å². The minimum Gasteiger partial charge on any atom is -0.405 e. The Morgan fingerprint density at radius 3 is 0.895 bits per heavy atom. The van der Waals surface area contributed by atoms with Crippen LogP contribution in [0.3, 0.4) is 0 Å². The third-order valence-corrected chi connectivity index (χ3v) is 5.03. The Hall–Kier alpha value is 0.491. The molecule has 7 heteroatoms. The third kappa shape index (κ3) is 14.7. The van der Waals surface area contributed by atoms with Gasteiger partial charge in [0.2, 0.25) is 0 Å². The first-order chi connectivity index (χ1) is 8.29. The van der Waals surface area contributed by atoms with Crippen LogP contribution in [0.4, 0.5) is 0 Å². The van der Waals surface area contributed by atoms with Gasteiger partial charge in [-0.3, -0.25) is 0 Å². The quantitative estimate of drug-likeness (QED) is 0.478. The molecule has 19 heavy (non-hydrogen) atoms. The van der Waals surface area contributed by atoms with E-state index in [2.05, 4.69) is 63.8 Å². The fraction of sp³-hybridized carbons (Fsp3) is 1.00. The second kappa shape index (κ2) is 7.49. The summed E-state index contributed by atoms with van der Waals surface area (Å²) in [4.78, 5) is 2.12.